The van der Waals surface area contributed by atoms with Crippen molar-refractivity contribution in [2.24, 2.45) is 0 Å². The number of carbonyl (C=O) groups excluding carboxylic acids is 1. The molecule has 1 fully saturated rings. The van der Waals surface area contributed by atoms with Gasteiger partial charge in [-0.3, -0.25) is 4.79 Å². The first-order valence-electron chi connectivity index (χ1n) is 10.0. The van der Waals surface area contributed by atoms with Crippen molar-refractivity contribution in [1.29, 1.82) is 0 Å². The molecule has 0 spiro atoms. The van der Waals surface area contributed by atoms with Gasteiger partial charge in [-0.1, -0.05) is 0 Å². The maximum Gasteiger partial charge on any atom is 0.256 e. The molecule has 2 aromatic rings. The highest BCUT2D eigenvalue weighted by Gasteiger charge is 2.32. The molecule has 1 amide bonds. The second kappa shape index (κ2) is 7.64. The third-order valence-corrected chi connectivity index (χ3v) is 5.74. The van der Waals surface area contributed by atoms with E-state index in [1.807, 2.05) is 30.6 Å². The lowest BCUT2D eigenvalue weighted by atomic mass is 10.1. The van der Waals surface area contributed by atoms with Crippen molar-refractivity contribution < 1.29 is 14.3 Å². The first kappa shape index (κ1) is 19.5. The molecule has 1 saturated heterocycles. The molecule has 10 heteroatoms. The first-order valence-corrected chi connectivity index (χ1v) is 10.0. The van der Waals surface area contributed by atoms with E-state index in [2.05, 4.69) is 20.3 Å². The first-order chi connectivity index (χ1) is 15.2. The molecule has 0 unspecified atom stereocenters. The van der Waals surface area contributed by atoms with Gasteiger partial charge in [0.1, 0.15) is 23.3 Å². The zero-order chi connectivity index (χ0) is 21.5. The SMILES string of the molecule is CNC(=O)c1cnn2c(NC)cc(-c3cnc4n([C@H]5COC[C@@H]5OC)cccc3-4)nc12. The molecule has 0 aliphatic carbocycles. The Kier molecular flexibility index (Phi) is 4.79. The zero-order valence-corrected chi connectivity index (χ0v) is 17.5. The van der Waals surface area contributed by atoms with Crippen molar-refractivity contribution in [2.45, 2.75) is 12.1 Å². The number of hydrogen-bond donors (Lipinski definition) is 2. The van der Waals surface area contributed by atoms with Gasteiger partial charge in [-0.25, -0.2) is 9.97 Å². The normalized spacial score (nSPS) is 18.7. The minimum atomic E-state index is -0.239. The molecule has 0 radical (unpaired) electrons. The molecule has 3 aliphatic heterocycles. The fourth-order valence-electron chi connectivity index (χ4n) is 4.11. The van der Waals surface area contributed by atoms with Crippen molar-refractivity contribution in [3.63, 3.8) is 0 Å². The number of fused-ring (bicyclic) bond motifs is 2. The van der Waals surface area contributed by atoms with Crippen molar-refractivity contribution in [3.05, 3.63) is 42.4 Å². The maximum atomic E-state index is 12.3. The average Bonchev–Trinajstić information content (AvgIpc) is 3.54. The Labute approximate surface area is 178 Å². The molecular weight excluding hydrogens is 398 g/mol. The molecule has 31 heavy (non-hydrogen) atoms. The van der Waals surface area contributed by atoms with Crippen LogP contribution in [0, 0.1) is 0 Å². The standard InChI is InChI=1S/C21H23N7O3/c1-22-18-7-15(26-20-14(21(29)23-2)9-25-28(18)20)13-8-24-19-12(13)5-4-6-27(19)16-10-31-11-17(16)30-3/h4-9,16-17,22H,10-11H2,1-3H3,(H,23,29)/t16-,17-/m0/s1. The summed E-state index contributed by atoms with van der Waals surface area (Å²) >= 11 is 0. The molecule has 3 aliphatic rings. The topological polar surface area (TPSA) is 108 Å². The smallest absolute Gasteiger partial charge is 0.256 e. The number of amides is 1. The molecule has 160 valence electrons. The lowest BCUT2D eigenvalue weighted by molar-refractivity contribution is 0.0686. The molecule has 0 saturated carbocycles. The second-order valence-corrected chi connectivity index (χ2v) is 7.35. The summed E-state index contributed by atoms with van der Waals surface area (Å²) in [5.41, 5.74) is 3.42. The Morgan fingerprint density at radius 2 is 2.13 bits per heavy atom. The van der Waals surface area contributed by atoms with Crippen molar-refractivity contribution in [2.75, 3.05) is 39.7 Å². The molecule has 0 bridgehead atoms. The van der Waals surface area contributed by atoms with E-state index in [1.165, 1.54) is 6.20 Å². The van der Waals surface area contributed by atoms with Crippen LogP contribution in [0.15, 0.2) is 36.8 Å². The highest BCUT2D eigenvalue weighted by atomic mass is 16.5. The number of ether oxygens (including phenoxy) is 2. The second-order valence-electron chi connectivity index (χ2n) is 7.35. The number of nitrogens with zero attached hydrogens (tertiary/aromatic N) is 5. The van der Waals surface area contributed by atoms with E-state index in [0.29, 0.717) is 30.1 Å². The lowest BCUT2D eigenvalue weighted by Crippen LogP contribution is -2.25. The lowest BCUT2D eigenvalue weighted by Gasteiger charge is -2.22. The van der Waals surface area contributed by atoms with Crippen LogP contribution in [0.25, 0.3) is 28.3 Å². The van der Waals surface area contributed by atoms with E-state index in [4.69, 9.17) is 19.4 Å². The van der Waals surface area contributed by atoms with Gasteiger partial charge in [0.25, 0.3) is 5.91 Å². The number of pyridine rings is 1. The van der Waals surface area contributed by atoms with Crippen LogP contribution in [-0.2, 0) is 9.47 Å². The number of nitrogens with one attached hydrogen (secondary N) is 2. The molecule has 2 N–H and O–H groups in total. The molecule has 5 rings (SSSR count). The zero-order valence-electron chi connectivity index (χ0n) is 17.5. The van der Waals surface area contributed by atoms with Crippen LogP contribution in [-0.4, -0.2) is 70.6 Å². The van der Waals surface area contributed by atoms with Gasteiger partial charge in [-0.2, -0.15) is 9.61 Å². The fraction of sp³-hybridized carbons (Fsp3) is 0.333. The number of anilines is 1. The van der Waals surface area contributed by atoms with Crippen molar-refractivity contribution >= 4 is 17.4 Å². The van der Waals surface area contributed by atoms with Gasteiger partial charge in [0.2, 0.25) is 0 Å². The largest absolute Gasteiger partial charge is 0.377 e. The van der Waals surface area contributed by atoms with Crippen LogP contribution in [0.1, 0.15) is 16.4 Å². The summed E-state index contributed by atoms with van der Waals surface area (Å²) < 4.78 is 14.9. The van der Waals surface area contributed by atoms with Crippen LogP contribution in [0.4, 0.5) is 5.82 Å². The molecule has 0 aromatic carbocycles. The highest BCUT2D eigenvalue weighted by molar-refractivity contribution is 6.00. The number of hydrogen-bond acceptors (Lipinski definition) is 7. The molecule has 10 nitrogen and oxygen atoms in total. The number of aromatic nitrogens is 5. The van der Waals surface area contributed by atoms with E-state index >= 15 is 0 Å². The molecule has 2 aromatic heterocycles. The average molecular weight is 421 g/mol. The number of methoxy groups -OCH3 is 1. The van der Waals surface area contributed by atoms with E-state index < -0.39 is 0 Å². The monoisotopic (exact) mass is 421 g/mol. The maximum absolute atomic E-state index is 12.3. The van der Waals surface area contributed by atoms with Gasteiger partial charge in [-0.05, 0) is 12.1 Å². The number of carbonyl (C=O) groups is 1. The van der Waals surface area contributed by atoms with Crippen molar-refractivity contribution in [1.82, 2.24) is 29.5 Å². The van der Waals surface area contributed by atoms with Crippen LogP contribution in [0.3, 0.4) is 0 Å². The fourth-order valence-corrected chi connectivity index (χ4v) is 4.11. The minimum absolute atomic E-state index is 0.0250. The van der Waals surface area contributed by atoms with Crippen LogP contribution >= 0.6 is 0 Å². The predicted octanol–water partition coefficient (Wildman–Crippen LogP) is 1.69. The van der Waals surface area contributed by atoms with Gasteiger partial charge in [0.05, 0.1) is 31.1 Å². The minimum Gasteiger partial charge on any atom is -0.377 e. The Morgan fingerprint density at radius 1 is 1.26 bits per heavy atom. The van der Waals surface area contributed by atoms with Gasteiger partial charge < -0.3 is 24.7 Å². The Bertz CT molecular complexity index is 1230. The summed E-state index contributed by atoms with van der Waals surface area (Å²) in [5.74, 6) is 1.32. The molecular formula is C21H23N7O3. The Morgan fingerprint density at radius 3 is 2.90 bits per heavy atom. The predicted molar refractivity (Wildman–Crippen MR) is 114 cm³/mol. The summed E-state index contributed by atoms with van der Waals surface area (Å²) in [6, 6.07) is 5.96. The van der Waals surface area contributed by atoms with Crippen LogP contribution in [0.5, 0.6) is 0 Å². The van der Waals surface area contributed by atoms with Gasteiger partial charge in [0.15, 0.2) is 5.65 Å². The summed E-state index contributed by atoms with van der Waals surface area (Å²) in [4.78, 5) is 21.7. The van der Waals surface area contributed by atoms with E-state index in [0.717, 1.165) is 22.8 Å². The third kappa shape index (κ3) is 3.03. The summed E-state index contributed by atoms with van der Waals surface area (Å²) in [7, 11) is 5.09. The van der Waals surface area contributed by atoms with Crippen molar-refractivity contribution in [3.8, 4) is 22.6 Å². The van der Waals surface area contributed by atoms with E-state index in [-0.39, 0.29) is 18.1 Å². The highest BCUT2D eigenvalue weighted by Crippen LogP contribution is 2.36. The van der Waals surface area contributed by atoms with Gasteiger partial charge >= 0.3 is 0 Å². The Hall–Kier alpha value is -3.50. The van der Waals surface area contributed by atoms with E-state index in [9.17, 15) is 4.79 Å². The third-order valence-electron chi connectivity index (χ3n) is 5.74. The van der Waals surface area contributed by atoms with Crippen LogP contribution in [0.2, 0.25) is 0 Å². The molecule has 2 atom stereocenters. The number of rotatable bonds is 5. The van der Waals surface area contributed by atoms with Crippen LogP contribution < -0.4 is 10.6 Å². The van der Waals surface area contributed by atoms with Gasteiger partial charge in [-0.15, -0.1) is 0 Å². The Balaban J connectivity index is 1.63. The quantitative estimate of drug-likeness (QED) is 0.505. The molecule has 5 heterocycles. The summed E-state index contributed by atoms with van der Waals surface area (Å²) in [6.07, 6.45) is 5.31. The summed E-state index contributed by atoms with van der Waals surface area (Å²) in [5, 5.41) is 10.1. The van der Waals surface area contributed by atoms with E-state index in [1.54, 1.807) is 25.7 Å². The summed E-state index contributed by atoms with van der Waals surface area (Å²) in [6.45, 7) is 1.13. The van der Waals surface area contributed by atoms with Gasteiger partial charge in [0, 0.05) is 50.8 Å².